The van der Waals surface area contributed by atoms with Crippen molar-refractivity contribution in [3.63, 3.8) is 0 Å². The third-order valence-electron chi connectivity index (χ3n) is 3.69. The average molecular weight is 278 g/mol. The Bertz CT molecular complexity index is 438. The second-order valence-electron chi connectivity index (χ2n) is 5.44. The molecule has 0 aromatic carbocycles. The van der Waals surface area contributed by atoms with E-state index in [4.69, 9.17) is 0 Å². The minimum atomic E-state index is -0.245. The fraction of sp³-hybridized carbons (Fsp3) is 0.643. The maximum Gasteiger partial charge on any atom is 0.243 e. The van der Waals surface area contributed by atoms with Gasteiger partial charge >= 0.3 is 0 Å². The Kier molecular flexibility index (Phi) is 4.89. The number of hydrogen-bond donors (Lipinski definition) is 2. The van der Waals surface area contributed by atoms with Gasteiger partial charge in [-0.15, -0.1) is 0 Å². The van der Waals surface area contributed by atoms with Gasteiger partial charge in [0.1, 0.15) is 6.04 Å². The van der Waals surface area contributed by atoms with E-state index in [9.17, 15) is 9.90 Å². The number of aromatic nitrogens is 2. The van der Waals surface area contributed by atoms with E-state index in [1.807, 2.05) is 18.7 Å². The van der Waals surface area contributed by atoms with E-state index in [1.54, 1.807) is 18.5 Å². The highest BCUT2D eigenvalue weighted by molar-refractivity contribution is 5.85. The fourth-order valence-electron chi connectivity index (χ4n) is 2.42. The molecule has 6 heteroatoms. The zero-order chi connectivity index (χ0) is 14.5. The number of anilines is 1. The number of hydrogen-bond acceptors (Lipinski definition) is 5. The predicted octanol–water partition coefficient (Wildman–Crippen LogP) is 0.578. The van der Waals surface area contributed by atoms with Crippen LogP contribution in [0.2, 0.25) is 0 Å². The summed E-state index contributed by atoms with van der Waals surface area (Å²) in [5, 5.41) is 12.2. The highest BCUT2D eigenvalue weighted by Gasteiger charge is 2.33. The van der Waals surface area contributed by atoms with E-state index in [-0.39, 0.29) is 30.5 Å². The summed E-state index contributed by atoms with van der Waals surface area (Å²) in [5.41, 5.74) is 0. The van der Waals surface area contributed by atoms with Gasteiger partial charge in [0.05, 0.1) is 12.6 Å². The van der Waals surface area contributed by atoms with Gasteiger partial charge in [-0.1, -0.05) is 13.8 Å². The third-order valence-corrected chi connectivity index (χ3v) is 3.69. The molecule has 2 unspecified atom stereocenters. The molecule has 1 amide bonds. The quantitative estimate of drug-likeness (QED) is 0.823. The van der Waals surface area contributed by atoms with Gasteiger partial charge in [0.25, 0.3) is 0 Å². The van der Waals surface area contributed by atoms with Gasteiger partial charge in [-0.3, -0.25) is 4.79 Å². The summed E-state index contributed by atoms with van der Waals surface area (Å²) < 4.78 is 0. The van der Waals surface area contributed by atoms with Gasteiger partial charge in [0.15, 0.2) is 0 Å². The summed E-state index contributed by atoms with van der Waals surface area (Å²) in [6.07, 6.45) is 5.10. The zero-order valence-electron chi connectivity index (χ0n) is 12.0. The minimum absolute atomic E-state index is 0.0437. The van der Waals surface area contributed by atoms with Crippen LogP contribution in [0, 0.1) is 5.92 Å². The Morgan fingerprint density at radius 1 is 1.50 bits per heavy atom. The third kappa shape index (κ3) is 3.25. The summed E-state index contributed by atoms with van der Waals surface area (Å²) in [4.78, 5) is 22.7. The first-order valence-electron chi connectivity index (χ1n) is 7.08. The van der Waals surface area contributed by atoms with Gasteiger partial charge in [-0.05, 0) is 24.8 Å². The second-order valence-corrected chi connectivity index (χ2v) is 5.44. The number of carbonyl (C=O) groups excluding carboxylic acids is 1. The molecule has 0 bridgehead atoms. The van der Waals surface area contributed by atoms with E-state index in [0.717, 1.165) is 19.4 Å². The van der Waals surface area contributed by atoms with Crippen molar-refractivity contribution in [2.45, 2.75) is 38.8 Å². The minimum Gasteiger partial charge on any atom is -0.394 e. The van der Waals surface area contributed by atoms with Crippen LogP contribution in [0.1, 0.15) is 26.7 Å². The first-order chi connectivity index (χ1) is 9.63. The van der Waals surface area contributed by atoms with Crippen LogP contribution >= 0.6 is 0 Å². The lowest BCUT2D eigenvalue weighted by molar-refractivity contribution is -0.123. The summed E-state index contributed by atoms with van der Waals surface area (Å²) in [7, 11) is 0. The van der Waals surface area contributed by atoms with Gasteiger partial charge in [0, 0.05) is 18.9 Å². The van der Waals surface area contributed by atoms with Crippen LogP contribution in [-0.4, -0.2) is 46.2 Å². The number of aliphatic hydroxyl groups excluding tert-OH is 1. The van der Waals surface area contributed by atoms with Crippen LogP contribution < -0.4 is 10.2 Å². The van der Waals surface area contributed by atoms with Crippen LogP contribution in [0.15, 0.2) is 18.5 Å². The lowest BCUT2D eigenvalue weighted by Crippen LogP contribution is -2.50. The normalized spacial score (nSPS) is 20.2. The molecule has 2 heterocycles. The molecule has 2 N–H and O–H groups in total. The second kappa shape index (κ2) is 6.65. The molecule has 1 aliphatic heterocycles. The Morgan fingerprint density at radius 2 is 2.20 bits per heavy atom. The molecular formula is C14H22N4O2. The summed E-state index contributed by atoms with van der Waals surface area (Å²) in [6.45, 7) is 4.70. The van der Waals surface area contributed by atoms with Crippen LogP contribution in [-0.2, 0) is 4.79 Å². The Labute approximate surface area is 119 Å². The standard InChI is InChI=1S/C14H22N4O2/c1-10(2)11(9-19)17-13(20)12-5-3-8-18(12)14-15-6-4-7-16-14/h4,6-7,10-12,19H,3,5,8-9H2,1-2H3,(H,17,20). The smallest absolute Gasteiger partial charge is 0.243 e. The molecule has 110 valence electrons. The van der Waals surface area contributed by atoms with Crippen molar-refractivity contribution in [1.29, 1.82) is 0 Å². The van der Waals surface area contributed by atoms with E-state index < -0.39 is 0 Å². The van der Waals surface area contributed by atoms with Crippen LogP contribution in [0.4, 0.5) is 5.95 Å². The Morgan fingerprint density at radius 3 is 2.80 bits per heavy atom. The average Bonchev–Trinajstić information content (AvgIpc) is 2.94. The molecule has 0 aliphatic carbocycles. The number of nitrogens with zero attached hydrogens (tertiary/aromatic N) is 3. The molecule has 1 saturated heterocycles. The first-order valence-corrected chi connectivity index (χ1v) is 7.08. The number of carbonyl (C=O) groups is 1. The van der Waals surface area contributed by atoms with Crippen LogP contribution in [0.25, 0.3) is 0 Å². The number of aliphatic hydroxyl groups is 1. The SMILES string of the molecule is CC(C)C(CO)NC(=O)C1CCCN1c1ncccn1. The van der Waals surface area contributed by atoms with Crippen LogP contribution in [0.5, 0.6) is 0 Å². The van der Waals surface area contributed by atoms with Gasteiger partial charge in [-0.2, -0.15) is 0 Å². The highest BCUT2D eigenvalue weighted by atomic mass is 16.3. The molecule has 0 spiro atoms. The highest BCUT2D eigenvalue weighted by Crippen LogP contribution is 2.22. The molecule has 6 nitrogen and oxygen atoms in total. The first kappa shape index (κ1) is 14.7. The molecule has 1 fully saturated rings. The lowest BCUT2D eigenvalue weighted by atomic mass is 10.0. The molecule has 0 radical (unpaired) electrons. The van der Waals surface area contributed by atoms with Crippen molar-refractivity contribution in [3.05, 3.63) is 18.5 Å². The maximum atomic E-state index is 12.4. The summed E-state index contributed by atoms with van der Waals surface area (Å²) in [6, 6.07) is 1.31. The van der Waals surface area contributed by atoms with Crippen molar-refractivity contribution >= 4 is 11.9 Å². The van der Waals surface area contributed by atoms with E-state index in [1.165, 1.54) is 0 Å². The monoisotopic (exact) mass is 278 g/mol. The van der Waals surface area contributed by atoms with Crippen molar-refractivity contribution in [2.75, 3.05) is 18.1 Å². The van der Waals surface area contributed by atoms with Crippen LogP contribution in [0.3, 0.4) is 0 Å². The van der Waals surface area contributed by atoms with Gasteiger partial charge < -0.3 is 15.3 Å². The van der Waals surface area contributed by atoms with Gasteiger partial charge in [-0.25, -0.2) is 9.97 Å². The van der Waals surface area contributed by atoms with Crippen molar-refractivity contribution < 1.29 is 9.90 Å². The number of nitrogens with one attached hydrogen (secondary N) is 1. The molecule has 20 heavy (non-hydrogen) atoms. The molecule has 2 atom stereocenters. The lowest BCUT2D eigenvalue weighted by Gasteiger charge is -2.27. The molecular weight excluding hydrogens is 256 g/mol. The summed E-state index contributed by atoms with van der Waals surface area (Å²) >= 11 is 0. The van der Waals surface area contributed by atoms with E-state index in [0.29, 0.717) is 5.95 Å². The molecule has 0 saturated carbocycles. The molecule has 1 aliphatic rings. The van der Waals surface area contributed by atoms with E-state index in [2.05, 4.69) is 15.3 Å². The number of rotatable bonds is 5. The van der Waals surface area contributed by atoms with Crippen molar-refractivity contribution in [3.8, 4) is 0 Å². The summed E-state index contributed by atoms with van der Waals surface area (Å²) in [5.74, 6) is 0.740. The Hall–Kier alpha value is -1.69. The molecule has 2 rings (SSSR count). The fourth-order valence-corrected chi connectivity index (χ4v) is 2.42. The van der Waals surface area contributed by atoms with Gasteiger partial charge in [0.2, 0.25) is 11.9 Å². The zero-order valence-corrected chi connectivity index (χ0v) is 12.0. The largest absolute Gasteiger partial charge is 0.394 e. The van der Waals surface area contributed by atoms with Crippen molar-refractivity contribution in [2.24, 2.45) is 5.92 Å². The van der Waals surface area contributed by atoms with Crippen molar-refractivity contribution in [1.82, 2.24) is 15.3 Å². The number of amides is 1. The predicted molar refractivity (Wildman–Crippen MR) is 76.3 cm³/mol. The Balaban J connectivity index is 2.05. The topological polar surface area (TPSA) is 78.4 Å². The maximum absolute atomic E-state index is 12.4. The molecule has 1 aromatic rings. The van der Waals surface area contributed by atoms with E-state index >= 15 is 0 Å². The molecule has 1 aromatic heterocycles.